The van der Waals surface area contributed by atoms with Crippen molar-refractivity contribution >= 4 is 0 Å². The molecule has 3 rings (SSSR count). The van der Waals surface area contributed by atoms with Crippen LogP contribution in [0.25, 0.3) is 0 Å². The van der Waals surface area contributed by atoms with E-state index in [1.165, 1.54) is 31.5 Å². The number of nitrogens with one attached hydrogen (secondary N) is 1. The minimum absolute atomic E-state index is 0.634. The van der Waals surface area contributed by atoms with Crippen LogP contribution in [0.4, 0.5) is 0 Å². The fourth-order valence-electron chi connectivity index (χ4n) is 2.73. The summed E-state index contributed by atoms with van der Waals surface area (Å²) in [7, 11) is 0. The Kier molecular flexibility index (Phi) is 3.17. The van der Waals surface area contributed by atoms with E-state index in [-0.39, 0.29) is 0 Å². The van der Waals surface area contributed by atoms with Gasteiger partial charge >= 0.3 is 0 Å². The number of piperazine rings is 1. The van der Waals surface area contributed by atoms with Crippen molar-refractivity contribution in [3.05, 3.63) is 35.4 Å². The third-order valence-electron chi connectivity index (χ3n) is 3.89. The van der Waals surface area contributed by atoms with E-state index in [0.717, 1.165) is 19.0 Å². The van der Waals surface area contributed by atoms with Gasteiger partial charge in [-0.25, -0.2) is 0 Å². The second kappa shape index (κ2) is 4.79. The molecule has 0 aromatic heterocycles. The lowest BCUT2D eigenvalue weighted by molar-refractivity contribution is 0.199. The van der Waals surface area contributed by atoms with Crippen molar-refractivity contribution in [3.63, 3.8) is 0 Å². The van der Waals surface area contributed by atoms with Crippen LogP contribution in [0.2, 0.25) is 0 Å². The standard InChI is InChI=1S/C15H22N2/c1-12-10-17(9-8-16-12)11-13-2-4-14(5-3-13)15-6-7-15/h2-5,12,15-16H,6-11H2,1H3. The van der Waals surface area contributed by atoms with Gasteiger partial charge in [0, 0.05) is 32.2 Å². The zero-order valence-electron chi connectivity index (χ0n) is 10.7. The van der Waals surface area contributed by atoms with Crippen molar-refractivity contribution in [2.75, 3.05) is 19.6 Å². The van der Waals surface area contributed by atoms with Gasteiger partial charge in [0.1, 0.15) is 0 Å². The number of rotatable bonds is 3. The average Bonchev–Trinajstić information content (AvgIpc) is 3.14. The lowest BCUT2D eigenvalue weighted by Crippen LogP contribution is -2.48. The van der Waals surface area contributed by atoms with E-state index in [4.69, 9.17) is 0 Å². The zero-order valence-corrected chi connectivity index (χ0v) is 10.7. The van der Waals surface area contributed by atoms with E-state index in [1.807, 2.05) is 0 Å². The van der Waals surface area contributed by atoms with E-state index in [1.54, 1.807) is 5.56 Å². The summed E-state index contributed by atoms with van der Waals surface area (Å²) in [4.78, 5) is 2.55. The molecule has 1 aliphatic heterocycles. The molecule has 0 spiro atoms. The van der Waals surface area contributed by atoms with Crippen molar-refractivity contribution in [1.29, 1.82) is 0 Å². The van der Waals surface area contributed by atoms with Gasteiger partial charge in [0.25, 0.3) is 0 Å². The first-order valence-electron chi connectivity index (χ1n) is 6.86. The molecule has 1 saturated heterocycles. The Balaban J connectivity index is 1.60. The third kappa shape index (κ3) is 2.88. The second-order valence-corrected chi connectivity index (χ2v) is 5.61. The first kappa shape index (κ1) is 11.2. The summed E-state index contributed by atoms with van der Waals surface area (Å²) in [6.07, 6.45) is 2.79. The lowest BCUT2D eigenvalue weighted by Gasteiger charge is -2.31. The van der Waals surface area contributed by atoms with Gasteiger partial charge in [0.15, 0.2) is 0 Å². The van der Waals surface area contributed by atoms with Gasteiger partial charge in [-0.1, -0.05) is 24.3 Å². The van der Waals surface area contributed by atoms with Crippen LogP contribution < -0.4 is 5.32 Å². The SMILES string of the molecule is CC1CN(Cc2ccc(C3CC3)cc2)CCN1. The molecule has 1 heterocycles. The summed E-state index contributed by atoms with van der Waals surface area (Å²) in [6.45, 7) is 6.85. The number of hydrogen-bond acceptors (Lipinski definition) is 2. The van der Waals surface area contributed by atoms with Gasteiger partial charge in [-0.2, -0.15) is 0 Å². The predicted octanol–water partition coefficient (Wildman–Crippen LogP) is 2.36. The molecule has 1 aliphatic carbocycles. The zero-order chi connectivity index (χ0) is 11.7. The molecule has 1 atom stereocenters. The van der Waals surface area contributed by atoms with Crippen molar-refractivity contribution < 1.29 is 0 Å². The van der Waals surface area contributed by atoms with Crippen LogP contribution in [0.5, 0.6) is 0 Å². The Morgan fingerprint density at radius 3 is 2.65 bits per heavy atom. The highest BCUT2D eigenvalue weighted by molar-refractivity contribution is 5.28. The lowest BCUT2D eigenvalue weighted by atomic mass is 10.1. The van der Waals surface area contributed by atoms with Gasteiger partial charge in [0.2, 0.25) is 0 Å². The molecule has 92 valence electrons. The summed E-state index contributed by atoms with van der Waals surface area (Å²) < 4.78 is 0. The average molecular weight is 230 g/mol. The van der Waals surface area contributed by atoms with Crippen LogP contribution in [0, 0.1) is 0 Å². The molecule has 1 unspecified atom stereocenters. The molecule has 1 aromatic rings. The van der Waals surface area contributed by atoms with Gasteiger partial charge in [-0.05, 0) is 36.8 Å². The van der Waals surface area contributed by atoms with Crippen LogP contribution in [0.3, 0.4) is 0 Å². The highest BCUT2D eigenvalue weighted by Crippen LogP contribution is 2.39. The minimum Gasteiger partial charge on any atom is -0.312 e. The minimum atomic E-state index is 0.634. The van der Waals surface area contributed by atoms with Gasteiger partial charge in [-0.15, -0.1) is 0 Å². The molecule has 17 heavy (non-hydrogen) atoms. The molecule has 2 aliphatic rings. The van der Waals surface area contributed by atoms with Crippen molar-refractivity contribution in [3.8, 4) is 0 Å². The van der Waals surface area contributed by atoms with Crippen LogP contribution in [-0.4, -0.2) is 30.6 Å². The molecular formula is C15H22N2. The summed E-state index contributed by atoms with van der Waals surface area (Å²) >= 11 is 0. The largest absolute Gasteiger partial charge is 0.312 e. The van der Waals surface area contributed by atoms with Gasteiger partial charge < -0.3 is 5.32 Å². The Morgan fingerprint density at radius 1 is 1.24 bits per heavy atom. The monoisotopic (exact) mass is 230 g/mol. The Bertz CT molecular complexity index is 367. The number of hydrogen-bond donors (Lipinski definition) is 1. The van der Waals surface area contributed by atoms with E-state index >= 15 is 0 Å². The molecule has 0 radical (unpaired) electrons. The Labute approximate surface area is 104 Å². The van der Waals surface area contributed by atoms with E-state index in [0.29, 0.717) is 6.04 Å². The molecule has 1 saturated carbocycles. The first-order chi connectivity index (χ1) is 8.31. The summed E-state index contributed by atoms with van der Waals surface area (Å²) in [5, 5.41) is 3.49. The number of benzene rings is 1. The van der Waals surface area contributed by atoms with Crippen molar-refractivity contribution in [1.82, 2.24) is 10.2 Å². The van der Waals surface area contributed by atoms with Crippen LogP contribution in [0.1, 0.15) is 36.8 Å². The molecule has 0 bridgehead atoms. The van der Waals surface area contributed by atoms with E-state index in [9.17, 15) is 0 Å². The topological polar surface area (TPSA) is 15.3 Å². The van der Waals surface area contributed by atoms with Gasteiger partial charge in [-0.3, -0.25) is 4.90 Å². The van der Waals surface area contributed by atoms with Crippen LogP contribution in [-0.2, 0) is 6.54 Å². The van der Waals surface area contributed by atoms with Crippen LogP contribution in [0.15, 0.2) is 24.3 Å². The fourth-order valence-corrected chi connectivity index (χ4v) is 2.73. The third-order valence-corrected chi connectivity index (χ3v) is 3.89. The quantitative estimate of drug-likeness (QED) is 0.857. The number of nitrogens with zero attached hydrogens (tertiary/aromatic N) is 1. The predicted molar refractivity (Wildman–Crippen MR) is 71.2 cm³/mol. The second-order valence-electron chi connectivity index (χ2n) is 5.61. The van der Waals surface area contributed by atoms with Crippen LogP contribution >= 0.6 is 0 Å². The maximum atomic E-state index is 3.49. The fraction of sp³-hybridized carbons (Fsp3) is 0.600. The molecule has 0 amide bonds. The summed E-state index contributed by atoms with van der Waals surface area (Å²) in [5.74, 6) is 0.878. The molecule has 1 N–H and O–H groups in total. The first-order valence-corrected chi connectivity index (χ1v) is 6.86. The molecular weight excluding hydrogens is 208 g/mol. The maximum Gasteiger partial charge on any atom is 0.0234 e. The highest BCUT2D eigenvalue weighted by Gasteiger charge is 2.23. The Hall–Kier alpha value is -0.860. The smallest absolute Gasteiger partial charge is 0.0234 e. The summed E-state index contributed by atoms with van der Waals surface area (Å²) in [5.41, 5.74) is 3.01. The normalized spacial score (nSPS) is 26.1. The van der Waals surface area contributed by atoms with Crippen molar-refractivity contribution in [2.24, 2.45) is 0 Å². The molecule has 2 nitrogen and oxygen atoms in total. The molecule has 2 fully saturated rings. The maximum absolute atomic E-state index is 3.49. The van der Waals surface area contributed by atoms with Gasteiger partial charge in [0.05, 0.1) is 0 Å². The van der Waals surface area contributed by atoms with E-state index < -0.39 is 0 Å². The van der Waals surface area contributed by atoms with E-state index in [2.05, 4.69) is 41.4 Å². The van der Waals surface area contributed by atoms with Crippen molar-refractivity contribution in [2.45, 2.75) is 38.3 Å². The molecule has 1 aromatic carbocycles. The highest BCUT2D eigenvalue weighted by atomic mass is 15.2. The Morgan fingerprint density at radius 2 is 2.00 bits per heavy atom. The summed E-state index contributed by atoms with van der Waals surface area (Å²) in [6, 6.07) is 9.94. The molecule has 2 heteroatoms.